The van der Waals surface area contributed by atoms with Crippen molar-refractivity contribution in [2.45, 2.75) is 0 Å². The third-order valence-corrected chi connectivity index (χ3v) is 3.38. The fraction of sp³-hybridized carbons (Fsp3) is 0.235. The molecule has 6 N–H and O–H groups in total. The van der Waals surface area contributed by atoms with Crippen molar-refractivity contribution in [3.63, 3.8) is 0 Å². The first kappa shape index (κ1) is 16.0. The third-order valence-electron chi connectivity index (χ3n) is 3.38. The number of para-hydroxylation sites is 1. The number of hydrogen-bond acceptors (Lipinski definition) is 5. The third kappa shape index (κ3) is 4.31. The van der Waals surface area contributed by atoms with Gasteiger partial charge in [0, 0.05) is 37.3 Å². The molecule has 0 aliphatic carbocycles. The molecule has 5 nitrogen and oxygen atoms in total. The molecule has 1 aliphatic heterocycles. The minimum atomic E-state index is -0.106. The number of anilines is 2. The van der Waals surface area contributed by atoms with Crippen LogP contribution in [0.2, 0.25) is 0 Å². The number of nitrogen functional groups attached to an aromatic ring is 2. The fourth-order valence-corrected chi connectivity index (χ4v) is 2.13. The van der Waals surface area contributed by atoms with Crippen LogP contribution in [0.4, 0.5) is 11.4 Å². The summed E-state index contributed by atoms with van der Waals surface area (Å²) in [6.45, 7) is 4.56. The van der Waals surface area contributed by atoms with Crippen molar-refractivity contribution < 1.29 is 4.79 Å². The SMILES string of the molecule is C1CNCCN1.Nc1cccc(C(=O)c2ccccc2)c1N. The fourth-order valence-electron chi connectivity index (χ4n) is 2.13. The van der Waals surface area contributed by atoms with Crippen molar-refractivity contribution in [3.05, 3.63) is 59.7 Å². The molecule has 1 aliphatic rings. The zero-order valence-electron chi connectivity index (χ0n) is 12.5. The molecule has 5 heteroatoms. The Balaban J connectivity index is 0.000000246. The van der Waals surface area contributed by atoms with E-state index in [-0.39, 0.29) is 5.78 Å². The van der Waals surface area contributed by atoms with Crippen molar-refractivity contribution in [2.75, 3.05) is 37.6 Å². The lowest BCUT2D eigenvalue weighted by Gasteiger charge is -2.11. The van der Waals surface area contributed by atoms with Crippen LogP contribution in [0.15, 0.2) is 48.5 Å². The molecular weight excluding hydrogens is 276 g/mol. The van der Waals surface area contributed by atoms with Gasteiger partial charge in [0.2, 0.25) is 0 Å². The maximum atomic E-state index is 12.1. The summed E-state index contributed by atoms with van der Waals surface area (Å²) < 4.78 is 0. The molecule has 2 aromatic carbocycles. The van der Waals surface area contributed by atoms with Gasteiger partial charge < -0.3 is 22.1 Å². The van der Waals surface area contributed by atoms with E-state index in [1.807, 2.05) is 18.2 Å². The first-order valence-corrected chi connectivity index (χ1v) is 7.35. The zero-order chi connectivity index (χ0) is 15.8. The minimum Gasteiger partial charge on any atom is -0.397 e. The van der Waals surface area contributed by atoms with Crippen LogP contribution < -0.4 is 22.1 Å². The van der Waals surface area contributed by atoms with Gasteiger partial charge in [-0.1, -0.05) is 36.4 Å². The highest BCUT2D eigenvalue weighted by molar-refractivity contribution is 6.13. The number of nitrogens with one attached hydrogen (secondary N) is 2. The van der Waals surface area contributed by atoms with Gasteiger partial charge in [-0.3, -0.25) is 4.79 Å². The second kappa shape index (κ2) is 8.17. The van der Waals surface area contributed by atoms with Crippen LogP contribution in [0.25, 0.3) is 0 Å². The summed E-state index contributed by atoms with van der Waals surface area (Å²) >= 11 is 0. The van der Waals surface area contributed by atoms with Gasteiger partial charge in [-0.15, -0.1) is 0 Å². The largest absolute Gasteiger partial charge is 0.397 e. The molecule has 0 radical (unpaired) electrons. The van der Waals surface area contributed by atoms with Gasteiger partial charge in [0.1, 0.15) is 0 Å². The predicted molar refractivity (Wildman–Crippen MR) is 90.9 cm³/mol. The van der Waals surface area contributed by atoms with Gasteiger partial charge in [0.25, 0.3) is 0 Å². The Morgan fingerprint density at radius 3 is 1.95 bits per heavy atom. The highest BCUT2D eigenvalue weighted by atomic mass is 16.1. The molecule has 2 aromatic rings. The van der Waals surface area contributed by atoms with Crippen molar-refractivity contribution >= 4 is 17.2 Å². The Morgan fingerprint density at radius 1 is 0.818 bits per heavy atom. The number of carbonyl (C=O) groups is 1. The Bertz CT molecular complexity index is 598. The molecule has 116 valence electrons. The summed E-state index contributed by atoms with van der Waals surface area (Å²) in [4.78, 5) is 12.1. The van der Waals surface area contributed by atoms with Crippen molar-refractivity contribution in [3.8, 4) is 0 Å². The Kier molecular flexibility index (Phi) is 5.94. The number of piperazine rings is 1. The van der Waals surface area contributed by atoms with Crippen LogP contribution in [-0.2, 0) is 0 Å². The van der Waals surface area contributed by atoms with Crippen molar-refractivity contribution in [2.24, 2.45) is 0 Å². The van der Waals surface area contributed by atoms with Crippen LogP contribution >= 0.6 is 0 Å². The standard InChI is InChI=1S/C13H12N2O.C4H10N2/c14-11-8-4-7-10(12(11)15)13(16)9-5-2-1-3-6-9;1-2-6-4-3-5-1/h1-8H,14-15H2;5-6H,1-4H2. The second-order valence-corrected chi connectivity index (χ2v) is 5.00. The van der Waals surface area contributed by atoms with Gasteiger partial charge in [-0.25, -0.2) is 0 Å². The van der Waals surface area contributed by atoms with Crippen LogP contribution in [0.3, 0.4) is 0 Å². The van der Waals surface area contributed by atoms with Crippen LogP contribution in [0.5, 0.6) is 0 Å². The lowest BCUT2D eigenvalue weighted by atomic mass is 10.0. The predicted octanol–water partition coefficient (Wildman–Crippen LogP) is 1.26. The first-order chi connectivity index (χ1) is 10.7. The zero-order valence-corrected chi connectivity index (χ0v) is 12.5. The van der Waals surface area contributed by atoms with Crippen LogP contribution in [-0.4, -0.2) is 32.0 Å². The topological polar surface area (TPSA) is 93.2 Å². The normalized spacial score (nSPS) is 13.8. The molecule has 0 atom stereocenters. The van der Waals surface area contributed by atoms with Crippen LogP contribution in [0, 0.1) is 0 Å². The van der Waals surface area contributed by atoms with Crippen LogP contribution in [0.1, 0.15) is 15.9 Å². The van der Waals surface area contributed by atoms with Gasteiger partial charge in [0.05, 0.1) is 11.4 Å². The Hall–Kier alpha value is -2.37. The highest BCUT2D eigenvalue weighted by Gasteiger charge is 2.12. The molecule has 22 heavy (non-hydrogen) atoms. The van der Waals surface area contributed by atoms with Gasteiger partial charge in [0.15, 0.2) is 5.78 Å². The molecular formula is C17H22N4O. The molecule has 0 saturated carbocycles. The number of carbonyl (C=O) groups excluding carboxylic acids is 1. The van der Waals surface area contributed by atoms with E-state index in [9.17, 15) is 4.79 Å². The maximum absolute atomic E-state index is 12.1. The van der Waals surface area contributed by atoms with Gasteiger partial charge in [-0.05, 0) is 12.1 Å². The number of hydrogen-bond donors (Lipinski definition) is 4. The lowest BCUT2D eigenvalue weighted by Crippen LogP contribution is -2.39. The number of rotatable bonds is 2. The monoisotopic (exact) mass is 298 g/mol. The van der Waals surface area contributed by atoms with E-state index in [4.69, 9.17) is 11.5 Å². The van der Waals surface area contributed by atoms with E-state index in [0.717, 1.165) is 26.2 Å². The smallest absolute Gasteiger partial charge is 0.195 e. The highest BCUT2D eigenvalue weighted by Crippen LogP contribution is 2.22. The van der Waals surface area contributed by atoms with Gasteiger partial charge in [-0.2, -0.15) is 0 Å². The summed E-state index contributed by atoms with van der Waals surface area (Å²) in [5, 5.41) is 6.44. The molecule has 1 saturated heterocycles. The molecule has 1 fully saturated rings. The summed E-state index contributed by atoms with van der Waals surface area (Å²) in [7, 11) is 0. The van der Waals surface area contributed by atoms with E-state index in [0.29, 0.717) is 22.5 Å². The minimum absolute atomic E-state index is 0.106. The lowest BCUT2D eigenvalue weighted by molar-refractivity contribution is 0.103. The molecule has 0 unspecified atom stereocenters. The van der Waals surface area contributed by atoms with E-state index in [1.54, 1.807) is 30.3 Å². The average Bonchev–Trinajstić information content (AvgIpc) is 2.60. The summed E-state index contributed by atoms with van der Waals surface area (Å²) in [6.07, 6.45) is 0. The summed E-state index contributed by atoms with van der Waals surface area (Å²) in [6, 6.07) is 14.1. The summed E-state index contributed by atoms with van der Waals surface area (Å²) in [5.41, 5.74) is 13.3. The maximum Gasteiger partial charge on any atom is 0.195 e. The molecule has 0 amide bonds. The van der Waals surface area contributed by atoms with E-state index in [1.165, 1.54) is 0 Å². The molecule has 0 aromatic heterocycles. The average molecular weight is 298 g/mol. The van der Waals surface area contributed by atoms with E-state index in [2.05, 4.69) is 10.6 Å². The molecule has 0 bridgehead atoms. The molecule has 1 heterocycles. The number of nitrogens with two attached hydrogens (primary N) is 2. The summed E-state index contributed by atoms with van der Waals surface area (Å²) in [5.74, 6) is -0.106. The quantitative estimate of drug-likeness (QED) is 0.495. The first-order valence-electron chi connectivity index (χ1n) is 7.35. The Labute approximate surface area is 130 Å². The van der Waals surface area contributed by atoms with Gasteiger partial charge >= 0.3 is 0 Å². The number of benzene rings is 2. The van der Waals surface area contributed by atoms with Crippen molar-refractivity contribution in [1.82, 2.24) is 10.6 Å². The molecule has 0 spiro atoms. The molecule has 3 rings (SSSR count). The van der Waals surface area contributed by atoms with E-state index >= 15 is 0 Å². The number of ketones is 1. The Morgan fingerprint density at radius 2 is 1.41 bits per heavy atom. The van der Waals surface area contributed by atoms with Crippen molar-refractivity contribution in [1.29, 1.82) is 0 Å². The second-order valence-electron chi connectivity index (χ2n) is 5.00. The van der Waals surface area contributed by atoms with E-state index < -0.39 is 0 Å².